The third-order valence-corrected chi connectivity index (χ3v) is 3.58. The van der Waals surface area contributed by atoms with E-state index in [1.807, 2.05) is 0 Å². The molecule has 0 aliphatic heterocycles. The van der Waals surface area contributed by atoms with Crippen LogP contribution in [0.5, 0.6) is 0 Å². The Labute approximate surface area is 103 Å². The normalized spacial score (nSPS) is 26.8. The van der Waals surface area contributed by atoms with Crippen LogP contribution in [0, 0.1) is 11.8 Å². The maximum atomic E-state index is 2.34. The van der Waals surface area contributed by atoms with Crippen molar-refractivity contribution < 1.29 is 0 Å². The Balaban J connectivity index is 1.92. The van der Waals surface area contributed by atoms with Gasteiger partial charge in [0.2, 0.25) is 0 Å². The average molecular weight is 220 g/mol. The van der Waals surface area contributed by atoms with Crippen molar-refractivity contribution in [1.82, 2.24) is 0 Å². The molecule has 2 atom stereocenters. The molecule has 0 bridgehead atoms. The van der Waals surface area contributed by atoms with Gasteiger partial charge in [-0.25, -0.2) is 0 Å². The fraction of sp³-hybridized carbons (Fsp3) is 0.176. The van der Waals surface area contributed by atoms with Crippen LogP contribution in [0.2, 0.25) is 0 Å². The first-order valence-corrected chi connectivity index (χ1v) is 6.20. The van der Waals surface area contributed by atoms with Crippen molar-refractivity contribution >= 4 is 0 Å². The predicted octanol–water partition coefficient (Wildman–Crippen LogP) is 4.25. The molecule has 0 unspecified atom stereocenters. The monoisotopic (exact) mass is 220 g/mol. The highest BCUT2D eigenvalue weighted by atomic mass is 14.3. The van der Waals surface area contributed by atoms with Crippen LogP contribution in [0.25, 0.3) is 0 Å². The van der Waals surface area contributed by atoms with Crippen LogP contribution in [-0.4, -0.2) is 0 Å². The second kappa shape index (κ2) is 4.58. The fourth-order valence-electron chi connectivity index (χ4n) is 2.71. The summed E-state index contributed by atoms with van der Waals surface area (Å²) in [5.41, 5.74) is 1.41. The zero-order valence-corrected chi connectivity index (χ0v) is 9.74. The van der Waals surface area contributed by atoms with Gasteiger partial charge in [-0.2, -0.15) is 0 Å². The molecule has 84 valence electrons. The molecule has 2 aliphatic rings. The first-order chi connectivity index (χ1) is 8.45. The largest absolute Gasteiger partial charge is 0.0796 e. The lowest BCUT2D eigenvalue weighted by Gasteiger charge is -2.28. The van der Waals surface area contributed by atoms with Gasteiger partial charge < -0.3 is 0 Å². The highest BCUT2D eigenvalue weighted by Gasteiger charge is 2.26. The van der Waals surface area contributed by atoms with E-state index in [0.717, 1.165) is 0 Å². The summed E-state index contributed by atoms with van der Waals surface area (Å²) >= 11 is 0. The second-order valence-electron chi connectivity index (χ2n) is 4.63. The van der Waals surface area contributed by atoms with Gasteiger partial charge in [0.05, 0.1) is 0 Å². The summed E-state index contributed by atoms with van der Waals surface area (Å²) in [6, 6.07) is 10.8. The third-order valence-electron chi connectivity index (χ3n) is 3.58. The summed E-state index contributed by atoms with van der Waals surface area (Å²) in [6.07, 6.45) is 17.9. The minimum atomic E-state index is 0.499. The van der Waals surface area contributed by atoms with E-state index in [0.29, 0.717) is 17.8 Å². The Morgan fingerprint density at radius 3 is 2.06 bits per heavy atom. The van der Waals surface area contributed by atoms with Crippen LogP contribution in [-0.2, 0) is 0 Å². The van der Waals surface area contributed by atoms with Gasteiger partial charge in [-0.3, -0.25) is 0 Å². The molecule has 0 heteroatoms. The number of hydrogen-bond donors (Lipinski definition) is 0. The van der Waals surface area contributed by atoms with E-state index in [4.69, 9.17) is 0 Å². The van der Waals surface area contributed by atoms with E-state index >= 15 is 0 Å². The van der Waals surface area contributed by atoms with Crippen LogP contribution < -0.4 is 0 Å². The average Bonchev–Trinajstić information content (AvgIpc) is 2.94. The molecule has 0 fully saturated rings. The number of hydrogen-bond acceptors (Lipinski definition) is 0. The van der Waals surface area contributed by atoms with Crippen molar-refractivity contribution in [2.75, 3.05) is 0 Å². The van der Waals surface area contributed by atoms with Crippen molar-refractivity contribution in [3.8, 4) is 0 Å². The molecule has 0 saturated carbocycles. The Kier molecular flexibility index (Phi) is 2.79. The zero-order valence-electron chi connectivity index (χ0n) is 9.74. The highest BCUT2D eigenvalue weighted by Crippen LogP contribution is 2.37. The molecule has 0 radical (unpaired) electrons. The summed E-state index contributed by atoms with van der Waals surface area (Å²) in [5, 5.41) is 0. The Morgan fingerprint density at radius 1 is 0.647 bits per heavy atom. The quantitative estimate of drug-likeness (QED) is 0.698. The van der Waals surface area contributed by atoms with E-state index in [-0.39, 0.29) is 0 Å². The molecule has 0 saturated heterocycles. The SMILES string of the molecule is C1=CC([C@H]2C=CC=C[C@H]2c2ccccc2)C=C1. The first kappa shape index (κ1) is 10.3. The molecule has 0 amide bonds. The molecule has 0 aromatic heterocycles. The summed E-state index contributed by atoms with van der Waals surface area (Å²) < 4.78 is 0. The summed E-state index contributed by atoms with van der Waals surface area (Å²) in [4.78, 5) is 0. The second-order valence-corrected chi connectivity index (χ2v) is 4.63. The van der Waals surface area contributed by atoms with E-state index in [9.17, 15) is 0 Å². The number of benzene rings is 1. The molecular formula is C17H16. The van der Waals surface area contributed by atoms with Gasteiger partial charge in [0.1, 0.15) is 0 Å². The zero-order chi connectivity index (χ0) is 11.5. The van der Waals surface area contributed by atoms with Gasteiger partial charge in [0.15, 0.2) is 0 Å². The van der Waals surface area contributed by atoms with Crippen molar-refractivity contribution in [2.45, 2.75) is 5.92 Å². The minimum Gasteiger partial charge on any atom is -0.0796 e. The van der Waals surface area contributed by atoms with Crippen molar-refractivity contribution in [2.24, 2.45) is 11.8 Å². The lowest BCUT2D eigenvalue weighted by molar-refractivity contribution is 0.504. The van der Waals surface area contributed by atoms with Gasteiger partial charge in [0.25, 0.3) is 0 Å². The molecule has 0 spiro atoms. The molecule has 17 heavy (non-hydrogen) atoms. The lowest BCUT2D eigenvalue weighted by Crippen LogP contribution is -2.17. The summed E-state index contributed by atoms with van der Waals surface area (Å²) in [6.45, 7) is 0. The summed E-state index contributed by atoms with van der Waals surface area (Å²) in [5.74, 6) is 1.59. The van der Waals surface area contributed by atoms with Crippen molar-refractivity contribution in [3.05, 3.63) is 84.5 Å². The number of allylic oxidation sites excluding steroid dienone is 8. The van der Waals surface area contributed by atoms with Crippen LogP contribution >= 0.6 is 0 Å². The Morgan fingerprint density at radius 2 is 1.29 bits per heavy atom. The molecule has 1 aromatic carbocycles. The van der Waals surface area contributed by atoms with E-state index in [1.165, 1.54) is 5.56 Å². The van der Waals surface area contributed by atoms with Gasteiger partial charge in [-0.05, 0) is 11.5 Å². The Hall–Kier alpha value is -1.82. The van der Waals surface area contributed by atoms with Crippen LogP contribution in [0.4, 0.5) is 0 Å². The standard InChI is InChI=1S/C17H16/c1-2-8-14(9-3-1)16-12-6-7-13-17(16)15-10-4-5-11-15/h1-13,15-17H/t16-,17+/m0/s1. The fourth-order valence-corrected chi connectivity index (χ4v) is 2.71. The number of rotatable bonds is 2. The van der Waals surface area contributed by atoms with E-state index in [2.05, 4.69) is 78.9 Å². The third kappa shape index (κ3) is 2.03. The molecule has 2 aliphatic carbocycles. The van der Waals surface area contributed by atoms with Crippen LogP contribution in [0.15, 0.2) is 78.9 Å². The topological polar surface area (TPSA) is 0 Å². The Bertz CT molecular complexity index is 476. The van der Waals surface area contributed by atoms with Gasteiger partial charge in [0, 0.05) is 11.8 Å². The molecule has 0 nitrogen and oxygen atoms in total. The maximum Gasteiger partial charge on any atom is 0.00926 e. The van der Waals surface area contributed by atoms with Crippen LogP contribution in [0.3, 0.4) is 0 Å². The van der Waals surface area contributed by atoms with Crippen molar-refractivity contribution in [3.63, 3.8) is 0 Å². The van der Waals surface area contributed by atoms with Gasteiger partial charge in [-0.1, -0.05) is 78.9 Å². The maximum absolute atomic E-state index is 2.34. The van der Waals surface area contributed by atoms with E-state index in [1.54, 1.807) is 0 Å². The lowest BCUT2D eigenvalue weighted by atomic mass is 9.76. The predicted molar refractivity (Wildman–Crippen MR) is 72.7 cm³/mol. The molecule has 3 rings (SSSR count). The molecule has 0 heterocycles. The smallest absolute Gasteiger partial charge is 0.00926 e. The highest BCUT2D eigenvalue weighted by molar-refractivity contribution is 5.34. The van der Waals surface area contributed by atoms with Gasteiger partial charge >= 0.3 is 0 Å². The first-order valence-electron chi connectivity index (χ1n) is 6.20. The minimum absolute atomic E-state index is 0.499. The molecule has 1 aromatic rings. The van der Waals surface area contributed by atoms with E-state index < -0.39 is 0 Å². The molecular weight excluding hydrogens is 204 g/mol. The van der Waals surface area contributed by atoms with Gasteiger partial charge in [-0.15, -0.1) is 0 Å². The summed E-state index contributed by atoms with van der Waals surface area (Å²) in [7, 11) is 0. The van der Waals surface area contributed by atoms with Crippen LogP contribution in [0.1, 0.15) is 11.5 Å². The molecule has 0 N–H and O–H groups in total. The van der Waals surface area contributed by atoms with Crippen molar-refractivity contribution in [1.29, 1.82) is 0 Å².